The molecule has 0 saturated heterocycles. The van der Waals surface area contributed by atoms with Crippen molar-refractivity contribution in [2.24, 2.45) is 21.7 Å². The Kier molecular flexibility index (Phi) is 3.64. The van der Waals surface area contributed by atoms with Gasteiger partial charge in [0, 0.05) is 5.56 Å². The van der Waals surface area contributed by atoms with E-state index in [1.54, 1.807) is 12.1 Å². The second kappa shape index (κ2) is 4.97. The molecule has 0 bridgehead atoms. The third-order valence-electron chi connectivity index (χ3n) is 1.64. The van der Waals surface area contributed by atoms with Gasteiger partial charge in [-0.05, 0) is 17.7 Å². The summed E-state index contributed by atoms with van der Waals surface area (Å²) in [4.78, 5) is 0. The molecular formula is C9H12N4O2. The first-order valence-corrected chi connectivity index (χ1v) is 4.18. The van der Waals surface area contributed by atoms with Crippen LogP contribution in [0.3, 0.4) is 0 Å². The molecule has 6 N–H and O–H groups in total. The van der Waals surface area contributed by atoms with Gasteiger partial charge < -0.3 is 21.7 Å². The third kappa shape index (κ3) is 3.28. The summed E-state index contributed by atoms with van der Waals surface area (Å²) in [6.07, 6.45) is 1.30. The van der Waals surface area contributed by atoms with Crippen LogP contribution in [-0.2, 0) is 6.61 Å². The molecule has 0 fully saturated rings. The van der Waals surface area contributed by atoms with Crippen molar-refractivity contribution in [1.29, 1.82) is 0 Å². The Hall–Kier alpha value is -2.08. The van der Waals surface area contributed by atoms with Gasteiger partial charge in [-0.15, -0.1) is 5.10 Å². The molecule has 1 aromatic carbocycles. The number of aliphatic hydroxyl groups excluding tert-OH is 1. The number of phenolic OH excluding ortho intramolecular Hbond substituents is 1. The Bertz CT molecular complexity index is 397. The predicted molar refractivity (Wildman–Crippen MR) is 57.4 cm³/mol. The number of guanidine groups is 1. The average Bonchev–Trinajstić information content (AvgIpc) is 2.20. The van der Waals surface area contributed by atoms with E-state index in [9.17, 15) is 5.11 Å². The molecule has 80 valence electrons. The van der Waals surface area contributed by atoms with Crippen LogP contribution in [0.15, 0.2) is 28.4 Å². The van der Waals surface area contributed by atoms with Gasteiger partial charge in [0.05, 0.1) is 12.8 Å². The van der Waals surface area contributed by atoms with Crippen molar-refractivity contribution < 1.29 is 10.2 Å². The molecule has 0 aliphatic carbocycles. The molecule has 1 aromatic rings. The van der Waals surface area contributed by atoms with Gasteiger partial charge in [0.1, 0.15) is 5.75 Å². The van der Waals surface area contributed by atoms with Crippen molar-refractivity contribution in [3.8, 4) is 5.75 Å². The summed E-state index contributed by atoms with van der Waals surface area (Å²) in [5.41, 5.74) is 11.2. The number of hydrogen-bond acceptors (Lipinski definition) is 4. The van der Waals surface area contributed by atoms with Crippen LogP contribution >= 0.6 is 0 Å². The fraction of sp³-hybridized carbons (Fsp3) is 0.111. The quantitative estimate of drug-likeness (QED) is 0.304. The number of benzene rings is 1. The first-order valence-electron chi connectivity index (χ1n) is 4.18. The zero-order valence-electron chi connectivity index (χ0n) is 7.96. The topological polar surface area (TPSA) is 117 Å². The molecule has 0 saturated carbocycles. The average molecular weight is 208 g/mol. The lowest BCUT2D eigenvalue weighted by molar-refractivity contribution is 0.281. The molecule has 0 amide bonds. The number of phenols is 1. The van der Waals surface area contributed by atoms with Crippen LogP contribution in [0.4, 0.5) is 0 Å². The van der Waals surface area contributed by atoms with E-state index in [4.69, 9.17) is 16.6 Å². The molecule has 15 heavy (non-hydrogen) atoms. The van der Waals surface area contributed by atoms with Gasteiger partial charge in [-0.2, -0.15) is 5.10 Å². The van der Waals surface area contributed by atoms with Crippen molar-refractivity contribution in [1.82, 2.24) is 0 Å². The maximum absolute atomic E-state index is 9.41. The summed E-state index contributed by atoms with van der Waals surface area (Å²) < 4.78 is 0. The molecule has 0 atom stereocenters. The van der Waals surface area contributed by atoms with E-state index in [1.165, 1.54) is 12.3 Å². The largest absolute Gasteiger partial charge is 0.507 e. The molecule has 0 radical (unpaired) electrons. The SMILES string of the molecule is NC(N)=NN=Cc1cc(CO)ccc1O. The summed E-state index contributed by atoms with van der Waals surface area (Å²) in [7, 11) is 0. The highest BCUT2D eigenvalue weighted by Gasteiger charge is 1.99. The summed E-state index contributed by atoms with van der Waals surface area (Å²) >= 11 is 0. The Morgan fingerprint density at radius 1 is 1.40 bits per heavy atom. The highest BCUT2D eigenvalue weighted by Crippen LogP contribution is 2.16. The van der Waals surface area contributed by atoms with Crippen LogP contribution in [0, 0.1) is 0 Å². The summed E-state index contributed by atoms with van der Waals surface area (Å²) in [5.74, 6) is -0.120. The molecule has 0 aliphatic heterocycles. The summed E-state index contributed by atoms with van der Waals surface area (Å²) in [6, 6.07) is 4.65. The fourth-order valence-electron chi connectivity index (χ4n) is 0.963. The maximum Gasteiger partial charge on any atom is 0.211 e. The monoisotopic (exact) mass is 208 g/mol. The lowest BCUT2D eigenvalue weighted by atomic mass is 10.1. The Morgan fingerprint density at radius 2 is 2.13 bits per heavy atom. The van der Waals surface area contributed by atoms with Crippen LogP contribution in [0.1, 0.15) is 11.1 Å². The van der Waals surface area contributed by atoms with Gasteiger partial charge in [0.2, 0.25) is 5.96 Å². The number of aromatic hydroxyl groups is 1. The molecule has 0 aliphatic rings. The minimum Gasteiger partial charge on any atom is -0.507 e. The molecule has 0 spiro atoms. The van der Waals surface area contributed by atoms with Crippen LogP contribution in [0.25, 0.3) is 0 Å². The number of nitrogens with two attached hydrogens (primary N) is 2. The fourth-order valence-corrected chi connectivity index (χ4v) is 0.963. The second-order valence-electron chi connectivity index (χ2n) is 2.82. The summed E-state index contributed by atoms with van der Waals surface area (Å²) in [5, 5.41) is 25.2. The molecule has 0 aromatic heterocycles. The third-order valence-corrected chi connectivity index (χ3v) is 1.64. The lowest BCUT2D eigenvalue weighted by Crippen LogP contribution is -2.21. The number of hydrogen-bond donors (Lipinski definition) is 4. The van der Waals surface area contributed by atoms with E-state index in [-0.39, 0.29) is 18.3 Å². The highest BCUT2D eigenvalue weighted by atomic mass is 16.3. The molecule has 6 heteroatoms. The van der Waals surface area contributed by atoms with Crippen molar-refractivity contribution in [3.63, 3.8) is 0 Å². The van der Waals surface area contributed by atoms with Crippen LogP contribution in [0.2, 0.25) is 0 Å². The number of aliphatic hydroxyl groups is 1. The zero-order chi connectivity index (χ0) is 11.3. The Balaban J connectivity index is 2.93. The normalized spacial score (nSPS) is 10.5. The second-order valence-corrected chi connectivity index (χ2v) is 2.82. The first kappa shape index (κ1) is 11.0. The number of rotatable bonds is 3. The summed E-state index contributed by atoms with van der Waals surface area (Å²) in [6.45, 7) is -0.108. The highest BCUT2D eigenvalue weighted by molar-refractivity contribution is 5.84. The standard InChI is InChI=1S/C9H12N4O2/c10-9(11)13-12-4-7-3-6(5-14)1-2-8(7)15/h1-4,14-15H,5H2,(H4,10,11,13). The Morgan fingerprint density at radius 3 is 2.73 bits per heavy atom. The zero-order valence-corrected chi connectivity index (χ0v) is 7.96. The van der Waals surface area contributed by atoms with E-state index >= 15 is 0 Å². The van der Waals surface area contributed by atoms with Gasteiger partial charge in [-0.25, -0.2) is 0 Å². The minimum atomic E-state index is -0.163. The minimum absolute atomic E-state index is 0.0433. The van der Waals surface area contributed by atoms with E-state index < -0.39 is 0 Å². The molecule has 0 heterocycles. The van der Waals surface area contributed by atoms with Gasteiger partial charge in [-0.1, -0.05) is 6.07 Å². The molecule has 6 nitrogen and oxygen atoms in total. The van der Waals surface area contributed by atoms with Crippen molar-refractivity contribution in [2.75, 3.05) is 0 Å². The van der Waals surface area contributed by atoms with Crippen molar-refractivity contribution in [3.05, 3.63) is 29.3 Å². The van der Waals surface area contributed by atoms with Gasteiger partial charge in [-0.3, -0.25) is 0 Å². The number of nitrogens with zero attached hydrogens (tertiary/aromatic N) is 2. The van der Waals surface area contributed by atoms with Crippen molar-refractivity contribution >= 4 is 12.2 Å². The van der Waals surface area contributed by atoms with Gasteiger partial charge >= 0.3 is 0 Å². The van der Waals surface area contributed by atoms with Gasteiger partial charge in [0.25, 0.3) is 0 Å². The van der Waals surface area contributed by atoms with E-state index in [0.29, 0.717) is 11.1 Å². The first-order chi connectivity index (χ1) is 7.13. The van der Waals surface area contributed by atoms with Crippen LogP contribution in [0.5, 0.6) is 5.75 Å². The predicted octanol–water partition coefficient (Wildman–Crippen LogP) is -0.508. The van der Waals surface area contributed by atoms with Crippen molar-refractivity contribution in [2.45, 2.75) is 6.61 Å². The van der Waals surface area contributed by atoms with E-state index in [0.717, 1.165) is 0 Å². The van der Waals surface area contributed by atoms with E-state index in [1.807, 2.05) is 0 Å². The molecular weight excluding hydrogens is 196 g/mol. The Labute approximate surface area is 86.6 Å². The smallest absolute Gasteiger partial charge is 0.211 e. The maximum atomic E-state index is 9.41. The van der Waals surface area contributed by atoms with Crippen LogP contribution < -0.4 is 11.5 Å². The lowest BCUT2D eigenvalue weighted by Gasteiger charge is -2.00. The van der Waals surface area contributed by atoms with Crippen LogP contribution in [-0.4, -0.2) is 22.4 Å². The molecule has 0 unspecified atom stereocenters. The molecule has 1 rings (SSSR count). The van der Waals surface area contributed by atoms with Gasteiger partial charge in [0.15, 0.2) is 0 Å². The van der Waals surface area contributed by atoms with E-state index in [2.05, 4.69) is 10.2 Å².